The first-order valence-electron chi connectivity index (χ1n) is 5.87. The molecule has 5 heteroatoms. The van der Waals surface area contributed by atoms with Crippen molar-refractivity contribution in [2.45, 2.75) is 33.1 Å². The van der Waals surface area contributed by atoms with E-state index in [4.69, 9.17) is 16.7 Å². The van der Waals surface area contributed by atoms with Gasteiger partial charge in [0.05, 0.1) is 5.70 Å². The van der Waals surface area contributed by atoms with Gasteiger partial charge in [-0.25, -0.2) is 4.39 Å². The Morgan fingerprint density at radius 1 is 1.44 bits per heavy atom. The number of allylic oxidation sites excluding steroid dienone is 2. The number of azo groups is 1. The second-order valence-electron chi connectivity index (χ2n) is 3.77. The lowest BCUT2D eigenvalue weighted by molar-refractivity contribution is 0.433. The number of aromatic hydroxyl groups is 1. The molecule has 3 nitrogen and oxygen atoms in total. The average Bonchev–Trinajstić information content (AvgIpc) is 2.38. The summed E-state index contributed by atoms with van der Waals surface area (Å²) in [4.78, 5) is 0. The standard InChI is InChI=1S/C13H16ClFN2O/c1-3-5-6-9(4-2)16-17-10-7-8-11(18)13(15)12(10)14/h6-8,18H,3-5H2,1-2H3/b9-6+,17-16?. The van der Waals surface area contributed by atoms with Crippen LogP contribution in [0.5, 0.6) is 5.75 Å². The number of hydrogen-bond donors (Lipinski definition) is 1. The number of halogens is 2. The van der Waals surface area contributed by atoms with Crippen LogP contribution < -0.4 is 0 Å². The third-order valence-corrected chi connectivity index (χ3v) is 2.72. The molecule has 1 rings (SSSR count). The van der Waals surface area contributed by atoms with Crippen LogP contribution in [0.4, 0.5) is 10.1 Å². The van der Waals surface area contributed by atoms with Crippen molar-refractivity contribution in [2.75, 3.05) is 0 Å². The van der Waals surface area contributed by atoms with Crippen molar-refractivity contribution in [3.8, 4) is 5.75 Å². The van der Waals surface area contributed by atoms with E-state index in [1.807, 2.05) is 13.0 Å². The first kappa shape index (κ1) is 14.6. The Hall–Kier alpha value is -1.42. The molecule has 0 spiro atoms. The fourth-order valence-corrected chi connectivity index (χ4v) is 1.49. The Morgan fingerprint density at radius 2 is 2.17 bits per heavy atom. The van der Waals surface area contributed by atoms with Gasteiger partial charge in [0, 0.05) is 0 Å². The Labute approximate surface area is 111 Å². The average molecular weight is 271 g/mol. The summed E-state index contributed by atoms with van der Waals surface area (Å²) >= 11 is 5.72. The fourth-order valence-electron chi connectivity index (χ4n) is 1.29. The molecule has 1 N–H and O–H groups in total. The Bertz CT molecular complexity index is 472. The molecule has 0 heterocycles. The smallest absolute Gasteiger partial charge is 0.185 e. The molecule has 0 radical (unpaired) electrons. The number of phenols is 1. The normalized spacial score (nSPS) is 12.3. The largest absolute Gasteiger partial charge is 0.505 e. The van der Waals surface area contributed by atoms with Crippen LogP contribution in [0.15, 0.2) is 34.1 Å². The second-order valence-corrected chi connectivity index (χ2v) is 4.15. The first-order chi connectivity index (χ1) is 8.60. The number of phenolic OH excluding ortho intramolecular Hbond substituents is 1. The highest BCUT2D eigenvalue weighted by molar-refractivity contribution is 6.33. The minimum Gasteiger partial charge on any atom is -0.505 e. The molecule has 0 saturated carbocycles. The third kappa shape index (κ3) is 3.81. The fraction of sp³-hybridized carbons (Fsp3) is 0.385. The van der Waals surface area contributed by atoms with Gasteiger partial charge >= 0.3 is 0 Å². The Balaban J connectivity index is 2.93. The van der Waals surface area contributed by atoms with Crippen LogP contribution >= 0.6 is 11.6 Å². The number of nitrogens with zero attached hydrogens (tertiary/aromatic N) is 2. The summed E-state index contributed by atoms with van der Waals surface area (Å²) in [5.74, 6) is -1.36. The van der Waals surface area contributed by atoms with Gasteiger partial charge in [0.1, 0.15) is 10.7 Å². The summed E-state index contributed by atoms with van der Waals surface area (Å²) < 4.78 is 13.3. The monoisotopic (exact) mass is 270 g/mol. The zero-order valence-corrected chi connectivity index (χ0v) is 11.2. The van der Waals surface area contributed by atoms with Crippen molar-refractivity contribution in [3.63, 3.8) is 0 Å². The van der Waals surface area contributed by atoms with Gasteiger partial charge in [-0.05, 0) is 25.0 Å². The van der Waals surface area contributed by atoms with Gasteiger partial charge in [-0.15, -0.1) is 5.11 Å². The minimum atomic E-state index is -0.872. The molecule has 18 heavy (non-hydrogen) atoms. The van der Waals surface area contributed by atoms with E-state index in [-0.39, 0.29) is 10.7 Å². The molecule has 0 amide bonds. The van der Waals surface area contributed by atoms with Gasteiger partial charge in [-0.2, -0.15) is 5.11 Å². The molecule has 0 aliphatic carbocycles. The van der Waals surface area contributed by atoms with Crippen LogP contribution in [0.3, 0.4) is 0 Å². The Morgan fingerprint density at radius 3 is 2.78 bits per heavy atom. The molecular formula is C13H16ClFN2O. The molecule has 98 valence electrons. The van der Waals surface area contributed by atoms with Gasteiger partial charge < -0.3 is 5.11 Å². The first-order valence-corrected chi connectivity index (χ1v) is 6.25. The quantitative estimate of drug-likeness (QED) is 0.719. The van der Waals surface area contributed by atoms with Crippen molar-refractivity contribution in [1.82, 2.24) is 0 Å². The van der Waals surface area contributed by atoms with Crippen molar-refractivity contribution < 1.29 is 9.50 Å². The SMILES string of the molecule is CCC/C=C(\CC)N=Nc1ccc(O)c(F)c1Cl. The summed E-state index contributed by atoms with van der Waals surface area (Å²) in [7, 11) is 0. The predicted molar refractivity (Wildman–Crippen MR) is 70.9 cm³/mol. The number of unbranched alkanes of at least 4 members (excludes halogenated alkanes) is 1. The lowest BCUT2D eigenvalue weighted by Gasteiger charge is -2.01. The van der Waals surface area contributed by atoms with Crippen LogP contribution in [0.2, 0.25) is 5.02 Å². The molecule has 0 atom stereocenters. The predicted octanol–water partition coefficient (Wildman–Crippen LogP) is 5.36. The van der Waals surface area contributed by atoms with Crippen LogP contribution in [0, 0.1) is 5.82 Å². The van der Waals surface area contributed by atoms with Gasteiger partial charge in [-0.1, -0.05) is 37.9 Å². The molecule has 0 aromatic heterocycles. The molecular weight excluding hydrogens is 255 g/mol. The van der Waals surface area contributed by atoms with Crippen molar-refractivity contribution in [3.05, 3.63) is 34.7 Å². The maximum absolute atomic E-state index is 13.3. The van der Waals surface area contributed by atoms with Gasteiger partial charge in [0.2, 0.25) is 0 Å². The molecule has 0 saturated heterocycles. The Kier molecular flexibility index (Phi) is 5.78. The molecule has 0 fully saturated rings. The summed E-state index contributed by atoms with van der Waals surface area (Å²) in [6, 6.07) is 2.63. The summed E-state index contributed by atoms with van der Waals surface area (Å²) in [6.07, 6.45) is 4.71. The topological polar surface area (TPSA) is 45.0 Å². The van der Waals surface area contributed by atoms with Crippen LogP contribution in [0.25, 0.3) is 0 Å². The van der Waals surface area contributed by atoms with E-state index < -0.39 is 11.6 Å². The van der Waals surface area contributed by atoms with E-state index in [9.17, 15) is 4.39 Å². The summed E-state index contributed by atoms with van der Waals surface area (Å²) in [5, 5.41) is 16.8. The van der Waals surface area contributed by atoms with Crippen LogP contribution in [0.1, 0.15) is 33.1 Å². The molecule has 0 aliphatic heterocycles. The lowest BCUT2D eigenvalue weighted by Crippen LogP contribution is -1.80. The molecule has 0 unspecified atom stereocenters. The van der Waals surface area contributed by atoms with E-state index in [2.05, 4.69) is 17.2 Å². The number of rotatable bonds is 5. The van der Waals surface area contributed by atoms with E-state index in [1.165, 1.54) is 12.1 Å². The van der Waals surface area contributed by atoms with Gasteiger partial charge in [0.15, 0.2) is 11.6 Å². The summed E-state index contributed by atoms with van der Waals surface area (Å²) in [6.45, 7) is 4.05. The second kappa shape index (κ2) is 7.11. The minimum absolute atomic E-state index is 0.211. The zero-order chi connectivity index (χ0) is 13.5. The van der Waals surface area contributed by atoms with Crippen LogP contribution in [-0.2, 0) is 0 Å². The van der Waals surface area contributed by atoms with Crippen molar-refractivity contribution >= 4 is 17.3 Å². The molecule has 0 bridgehead atoms. The van der Waals surface area contributed by atoms with E-state index in [0.29, 0.717) is 0 Å². The highest BCUT2D eigenvalue weighted by atomic mass is 35.5. The zero-order valence-electron chi connectivity index (χ0n) is 10.5. The molecule has 1 aromatic rings. The summed E-state index contributed by atoms with van der Waals surface area (Å²) in [5.41, 5.74) is 1.05. The maximum atomic E-state index is 13.3. The van der Waals surface area contributed by atoms with Crippen LogP contribution in [-0.4, -0.2) is 5.11 Å². The number of hydrogen-bond acceptors (Lipinski definition) is 3. The van der Waals surface area contributed by atoms with E-state index in [1.54, 1.807) is 0 Å². The lowest BCUT2D eigenvalue weighted by atomic mass is 10.2. The van der Waals surface area contributed by atoms with Gasteiger partial charge in [0.25, 0.3) is 0 Å². The number of benzene rings is 1. The van der Waals surface area contributed by atoms with E-state index in [0.717, 1.165) is 25.0 Å². The highest BCUT2D eigenvalue weighted by Crippen LogP contribution is 2.33. The third-order valence-electron chi connectivity index (χ3n) is 2.36. The molecule has 1 aromatic carbocycles. The highest BCUT2D eigenvalue weighted by Gasteiger charge is 2.10. The van der Waals surface area contributed by atoms with Crippen molar-refractivity contribution in [1.29, 1.82) is 0 Å². The molecule has 0 aliphatic rings. The van der Waals surface area contributed by atoms with Crippen molar-refractivity contribution in [2.24, 2.45) is 10.2 Å². The van der Waals surface area contributed by atoms with E-state index >= 15 is 0 Å². The van der Waals surface area contributed by atoms with Gasteiger partial charge in [-0.3, -0.25) is 0 Å². The maximum Gasteiger partial charge on any atom is 0.185 e.